The lowest BCUT2D eigenvalue weighted by Gasteiger charge is -2.44. The molecule has 80 valence electrons. The van der Waals surface area contributed by atoms with E-state index < -0.39 is 0 Å². The Hall–Kier alpha value is -0.0800. The van der Waals surface area contributed by atoms with Gasteiger partial charge in [-0.2, -0.15) is 0 Å². The predicted molar refractivity (Wildman–Crippen MR) is 59.2 cm³/mol. The minimum Gasteiger partial charge on any atom is -0.316 e. The largest absolute Gasteiger partial charge is 0.316 e. The van der Waals surface area contributed by atoms with Gasteiger partial charge in [0.1, 0.15) is 0 Å². The minimum atomic E-state index is -0.237. The van der Waals surface area contributed by atoms with Gasteiger partial charge in [-0.1, -0.05) is 47.5 Å². The Morgan fingerprint density at radius 3 is 1.85 bits per heavy atom. The zero-order chi connectivity index (χ0) is 10.7. The molecule has 0 aromatic carbocycles. The summed E-state index contributed by atoms with van der Waals surface area (Å²) in [6.07, 6.45) is 3.45. The highest BCUT2D eigenvalue weighted by molar-refractivity contribution is 4.90. The lowest BCUT2D eigenvalue weighted by Crippen LogP contribution is -2.52. The van der Waals surface area contributed by atoms with E-state index in [0.717, 1.165) is 0 Å². The molecule has 0 spiro atoms. The summed E-state index contributed by atoms with van der Waals surface area (Å²) in [6, 6.07) is 0. The average molecular weight is 186 g/mol. The van der Waals surface area contributed by atoms with Crippen molar-refractivity contribution >= 4 is 0 Å². The van der Waals surface area contributed by atoms with Crippen LogP contribution in [0.25, 0.3) is 0 Å². The fourth-order valence-corrected chi connectivity index (χ4v) is 1.39. The Morgan fingerprint density at radius 1 is 1.08 bits per heavy atom. The fourth-order valence-electron chi connectivity index (χ4n) is 1.39. The van der Waals surface area contributed by atoms with Gasteiger partial charge >= 0.3 is 0 Å². The first-order chi connectivity index (χ1) is 5.75. The second kappa shape index (κ2) is 4.43. The van der Waals surface area contributed by atoms with E-state index in [2.05, 4.69) is 34.6 Å². The van der Waals surface area contributed by atoms with Gasteiger partial charge in [0.15, 0.2) is 0 Å². The Morgan fingerprint density at radius 2 is 1.54 bits per heavy atom. The average Bonchev–Trinajstić information content (AvgIpc) is 2.00. The van der Waals surface area contributed by atoms with E-state index in [0.29, 0.717) is 0 Å². The van der Waals surface area contributed by atoms with Crippen LogP contribution in [0.3, 0.4) is 0 Å². The van der Waals surface area contributed by atoms with Gasteiger partial charge in [-0.3, -0.25) is 0 Å². The van der Waals surface area contributed by atoms with Gasteiger partial charge in [0, 0.05) is 0 Å². The summed E-state index contributed by atoms with van der Waals surface area (Å²) in [4.78, 5) is 0. The van der Waals surface area contributed by atoms with Crippen molar-refractivity contribution in [2.45, 2.75) is 60.0 Å². The minimum absolute atomic E-state index is 0.00215. The van der Waals surface area contributed by atoms with Crippen LogP contribution in [-0.2, 0) is 0 Å². The summed E-state index contributed by atoms with van der Waals surface area (Å²) in [7, 11) is 0. The van der Waals surface area contributed by atoms with E-state index >= 15 is 0 Å². The molecule has 0 unspecified atom stereocenters. The van der Waals surface area contributed by atoms with Gasteiger partial charge in [-0.15, -0.1) is 0 Å². The van der Waals surface area contributed by atoms with E-state index in [4.69, 9.17) is 11.5 Å². The molecule has 0 fully saturated rings. The summed E-state index contributed by atoms with van der Waals surface area (Å²) in [5.41, 5.74) is 11.8. The zero-order valence-electron chi connectivity index (χ0n) is 9.85. The van der Waals surface area contributed by atoms with Crippen molar-refractivity contribution in [3.05, 3.63) is 0 Å². The van der Waals surface area contributed by atoms with E-state index in [1.54, 1.807) is 0 Å². The number of nitrogens with two attached hydrogens (primary N) is 2. The molecule has 0 heterocycles. The smallest absolute Gasteiger partial charge is 0.0578 e. The van der Waals surface area contributed by atoms with Crippen molar-refractivity contribution in [3.8, 4) is 0 Å². The summed E-state index contributed by atoms with van der Waals surface area (Å²) < 4.78 is 0. The molecule has 2 heteroatoms. The molecule has 0 aromatic heterocycles. The third kappa shape index (κ3) is 2.96. The lowest BCUT2D eigenvalue weighted by atomic mass is 9.64. The normalized spacial score (nSPS) is 13.8. The van der Waals surface area contributed by atoms with Crippen molar-refractivity contribution in [2.24, 2.45) is 22.3 Å². The van der Waals surface area contributed by atoms with Crippen LogP contribution in [0.1, 0.15) is 53.9 Å². The van der Waals surface area contributed by atoms with Crippen LogP contribution >= 0.6 is 0 Å². The van der Waals surface area contributed by atoms with Crippen molar-refractivity contribution in [2.75, 3.05) is 0 Å². The molecular formula is C11H26N2. The maximum atomic E-state index is 5.81. The molecule has 4 N–H and O–H groups in total. The summed E-state index contributed by atoms with van der Waals surface area (Å²) in [5.74, 6) is 0. The molecule has 0 aliphatic carbocycles. The third-order valence-electron chi connectivity index (χ3n) is 3.73. The highest BCUT2D eigenvalue weighted by atomic mass is 14.9. The quantitative estimate of drug-likeness (QED) is 0.648. The number of hydrogen-bond acceptors (Lipinski definition) is 2. The van der Waals surface area contributed by atoms with Crippen LogP contribution < -0.4 is 11.5 Å². The molecule has 0 bridgehead atoms. The first-order valence-electron chi connectivity index (χ1n) is 5.27. The van der Waals surface area contributed by atoms with Crippen molar-refractivity contribution in [1.82, 2.24) is 0 Å². The van der Waals surface area contributed by atoms with Crippen LogP contribution in [0, 0.1) is 10.8 Å². The summed E-state index contributed by atoms with van der Waals surface area (Å²) >= 11 is 0. The monoisotopic (exact) mass is 186 g/mol. The SMILES string of the molecule is CCCCC(C)(C)C(C)(C)C(N)N. The summed E-state index contributed by atoms with van der Waals surface area (Å²) in [6.45, 7) is 11.1. The molecule has 13 heavy (non-hydrogen) atoms. The van der Waals surface area contributed by atoms with Crippen LogP contribution in [0.15, 0.2) is 0 Å². The molecule has 0 rings (SSSR count). The maximum absolute atomic E-state index is 5.81. The van der Waals surface area contributed by atoms with Crippen LogP contribution in [0.5, 0.6) is 0 Å². The molecule has 0 atom stereocenters. The first kappa shape index (κ1) is 12.9. The van der Waals surface area contributed by atoms with Crippen molar-refractivity contribution in [1.29, 1.82) is 0 Å². The molecular weight excluding hydrogens is 160 g/mol. The Kier molecular flexibility index (Phi) is 4.40. The van der Waals surface area contributed by atoms with Gasteiger partial charge in [-0.25, -0.2) is 0 Å². The van der Waals surface area contributed by atoms with Crippen LogP contribution in [0.2, 0.25) is 0 Å². The Labute approximate surface area is 83.1 Å². The molecule has 2 nitrogen and oxygen atoms in total. The number of hydrogen-bond donors (Lipinski definition) is 2. The van der Waals surface area contributed by atoms with Gasteiger partial charge in [-0.05, 0) is 17.3 Å². The van der Waals surface area contributed by atoms with Crippen LogP contribution in [-0.4, -0.2) is 6.17 Å². The van der Waals surface area contributed by atoms with Gasteiger partial charge in [0.05, 0.1) is 6.17 Å². The Bertz CT molecular complexity index is 148. The van der Waals surface area contributed by atoms with Gasteiger partial charge < -0.3 is 11.5 Å². The molecule has 0 saturated carbocycles. The highest BCUT2D eigenvalue weighted by Crippen LogP contribution is 2.43. The molecule has 0 amide bonds. The number of unbranched alkanes of at least 4 members (excludes halogenated alkanes) is 1. The maximum Gasteiger partial charge on any atom is 0.0578 e. The molecule has 0 radical (unpaired) electrons. The second-order valence-corrected chi connectivity index (χ2v) is 5.23. The summed E-state index contributed by atoms with van der Waals surface area (Å²) in [5, 5.41) is 0. The first-order valence-corrected chi connectivity index (χ1v) is 5.27. The molecule has 0 aliphatic heterocycles. The topological polar surface area (TPSA) is 52.0 Å². The van der Waals surface area contributed by atoms with Gasteiger partial charge in [0.2, 0.25) is 0 Å². The van der Waals surface area contributed by atoms with Crippen LogP contribution in [0.4, 0.5) is 0 Å². The Balaban J connectivity index is 4.41. The van der Waals surface area contributed by atoms with E-state index in [-0.39, 0.29) is 17.0 Å². The van der Waals surface area contributed by atoms with E-state index in [1.807, 2.05) is 0 Å². The predicted octanol–water partition coefficient (Wildman–Crippen LogP) is 2.47. The van der Waals surface area contributed by atoms with Crippen molar-refractivity contribution < 1.29 is 0 Å². The second-order valence-electron chi connectivity index (χ2n) is 5.23. The van der Waals surface area contributed by atoms with E-state index in [9.17, 15) is 0 Å². The molecule has 0 saturated heterocycles. The van der Waals surface area contributed by atoms with Crippen molar-refractivity contribution in [3.63, 3.8) is 0 Å². The number of rotatable bonds is 5. The molecule has 0 aliphatic rings. The molecule has 0 aromatic rings. The fraction of sp³-hybridized carbons (Fsp3) is 1.00. The standard InChI is InChI=1S/C11H26N2/c1-6-7-8-10(2,3)11(4,5)9(12)13/h9H,6-8,12-13H2,1-5H3. The zero-order valence-corrected chi connectivity index (χ0v) is 9.85. The lowest BCUT2D eigenvalue weighted by molar-refractivity contribution is 0.0679. The highest BCUT2D eigenvalue weighted by Gasteiger charge is 2.39. The third-order valence-corrected chi connectivity index (χ3v) is 3.73. The van der Waals surface area contributed by atoms with E-state index in [1.165, 1.54) is 19.3 Å². The van der Waals surface area contributed by atoms with Gasteiger partial charge in [0.25, 0.3) is 0 Å².